The molecule has 5 rings (SSSR count). The SMILES string of the molecule is Cc1ccc(S(=O)(=O)n2ccc3c(Oc4ccc(C[C@@H](C(=O)NC5CCCCC5)N(C)C(=O)OC(C)(C)C)cc4)ccnc32)cc1. The van der Waals surface area contributed by atoms with Gasteiger partial charge in [-0.15, -0.1) is 0 Å². The number of nitrogens with zero attached hydrogens (tertiary/aromatic N) is 3. The van der Waals surface area contributed by atoms with Gasteiger partial charge in [0.05, 0.1) is 10.3 Å². The maximum absolute atomic E-state index is 13.5. The Morgan fingerprint density at radius 3 is 2.33 bits per heavy atom. The molecule has 1 N–H and O–H groups in total. The third kappa shape index (κ3) is 7.70. The van der Waals surface area contributed by atoms with Gasteiger partial charge in [0.15, 0.2) is 5.65 Å². The highest BCUT2D eigenvalue weighted by Crippen LogP contribution is 2.31. The van der Waals surface area contributed by atoms with Crippen LogP contribution in [0.2, 0.25) is 0 Å². The summed E-state index contributed by atoms with van der Waals surface area (Å²) >= 11 is 0. The van der Waals surface area contributed by atoms with Crippen LogP contribution in [0.25, 0.3) is 11.0 Å². The van der Waals surface area contributed by atoms with E-state index in [1.807, 2.05) is 19.1 Å². The van der Waals surface area contributed by atoms with Crippen LogP contribution in [0, 0.1) is 6.92 Å². The second-order valence-electron chi connectivity index (χ2n) is 12.9. The Bertz CT molecular complexity index is 1790. The van der Waals surface area contributed by atoms with Crippen LogP contribution in [0.5, 0.6) is 11.5 Å². The number of nitrogens with one attached hydrogen (secondary N) is 1. The van der Waals surface area contributed by atoms with Gasteiger partial charge in [-0.2, -0.15) is 0 Å². The first-order valence-corrected chi connectivity index (χ1v) is 17.1. The number of hydrogen-bond acceptors (Lipinski definition) is 7. The Hall–Kier alpha value is -4.38. The first kappa shape index (κ1) is 33.0. The number of rotatable bonds is 9. The van der Waals surface area contributed by atoms with Crippen molar-refractivity contribution in [2.75, 3.05) is 7.05 Å². The first-order valence-electron chi connectivity index (χ1n) is 15.6. The number of aromatic nitrogens is 2. The fourth-order valence-corrected chi connectivity index (χ4v) is 6.85. The quantitative estimate of drug-likeness (QED) is 0.218. The van der Waals surface area contributed by atoms with Crippen LogP contribution in [0.1, 0.15) is 64.0 Å². The summed E-state index contributed by atoms with van der Waals surface area (Å²) in [6.07, 6.45) is 7.91. The molecule has 2 aromatic carbocycles. The molecule has 0 saturated heterocycles. The molecule has 2 aromatic heterocycles. The first-order chi connectivity index (χ1) is 21.8. The molecule has 4 aromatic rings. The number of carbonyl (C=O) groups is 2. The van der Waals surface area contributed by atoms with Crippen LogP contribution in [0.3, 0.4) is 0 Å². The predicted octanol–water partition coefficient (Wildman–Crippen LogP) is 6.60. The standard InChI is InChI=1S/C35H42N4O6S/c1-24-11-17-28(18-12-24)46(42,43)39-22-20-29-31(19-21-36-32(29)39)44-27-15-13-25(14-16-27)23-30(38(5)34(41)45-35(2,3)4)33(40)37-26-9-7-6-8-10-26/h11-22,26,30H,6-10,23H2,1-5H3,(H,37,40)/t30-/m0/s1. The molecule has 1 atom stereocenters. The number of pyridine rings is 1. The lowest BCUT2D eigenvalue weighted by Gasteiger charge is -2.32. The Kier molecular flexibility index (Phi) is 9.71. The fraction of sp³-hybridized carbons (Fsp3) is 0.400. The maximum Gasteiger partial charge on any atom is 0.410 e. The Morgan fingerprint density at radius 1 is 1.00 bits per heavy atom. The van der Waals surface area contributed by atoms with Crippen LogP contribution < -0.4 is 10.1 Å². The lowest BCUT2D eigenvalue weighted by Crippen LogP contribution is -2.52. The van der Waals surface area contributed by atoms with E-state index in [0.29, 0.717) is 16.9 Å². The van der Waals surface area contributed by atoms with E-state index in [4.69, 9.17) is 9.47 Å². The van der Waals surface area contributed by atoms with Crippen molar-refractivity contribution < 1.29 is 27.5 Å². The van der Waals surface area contributed by atoms with E-state index in [1.54, 1.807) is 76.3 Å². The highest BCUT2D eigenvalue weighted by molar-refractivity contribution is 7.90. The Balaban J connectivity index is 1.34. The molecule has 0 bridgehead atoms. The Labute approximate surface area is 270 Å². The van der Waals surface area contributed by atoms with Crippen LogP contribution in [-0.2, 0) is 26.0 Å². The normalized spacial score (nSPS) is 14.9. The van der Waals surface area contributed by atoms with Crippen molar-refractivity contribution in [3.05, 3.63) is 84.2 Å². The van der Waals surface area contributed by atoms with Gasteiger partial charge in [-0.3, -0.25) is 9.69 Å². The van der Waals surface area contributed by atoms with Crippen molar-refractivity contribution in [2.24, 2.45) is 0 Å². The summed E-state index contributed by atoms with van der Waals surface area (Å²) in [6, 6.07) is 16.6. The Morgan fingerprint density at radius 2 is 1.67 bits per heavy atom. The van der Waals surface area contributed by atoms with Gasteiger partial charge in [0.2, 0.25) is 5.91 Å². The van der Waals surface area contributed by atoms with Crippen LogP contribution >= 0.6 is 0 Å². The summed E-state index contributed by atoms with van der Waals surface area (Å²) < 4.78 is 39.6. The lowest BCUT2D eigenvalue weighted by molar-refractivity contribution is -0.126. The molecule has 0 radical (unpaired) electrons. The monoisotopic (exact) mass is 646 g/mol. The third-order valence-corrected chi connectivity index (χ3v) is 9.76. The van der Waals surface area contributed by atoms with Gasteiger partial charge in [0.1, 0.15) is 23.1 Å². The molecule has 11 heteroatoms. The summed E-state index contributed by atoms with van der Waals surface area (Å²) in [5.41, 5.74) is 1.36. The number of hydrogen-bond donors (Lipinski definition) is 1. The average Bonchev–Trinajstić information content (AvgIpc) is 3.46. The molecule has 10 nitrogen and oxygen atoms in total. The van der Waals surface area contributed by atoms with Gasteiger partial charge in [-0.25, -0.2) is 22.2 Å². The summed E-state index contributed by atoms with van der Waals surface area (Å²) in [6.45, 7) is 7.28. The molecule has 2 heterocycles. The van der Waals surface area contributed by atoms with E-state index in [1.165, 1.54) is 23.7 Å². The van der Waals surface area contributed by atoms with E-state index >= 15 is 0 Å². The average molecular weight is 647 g/mol. The van der Waals surface area contributed by atoms with Crippen LogP contribution in [0.15, 0.2) is 78.0 Å². The zero-order valence-electron chi connectivity index (χ0n) is 27.0. The van der Waals surface area contributed by atoms with E-state index < -0.39 is 27.8 Å². The van der Waals surface area contributed by atoms with Gasteiger partial charge in [-0.1, -0.05) is 49.1 Å². The molecule has 0 aliphatic heterocycles. The molecule has 1 saturated carbocycles. The number of aryl methyl sites for hydroxylation is 1. The zero-order valence-corrected chi connectivity index (χ0v) is 27.8. The molecule has 0 unspecified atom stereocenters. The minimum atomic E-state index is -3.86. The van der Waals surface area contributed by atoms with Crippen LogP contribution in [-0.4, -0.2) is 59.0 Å². The van der Waals surface area contributed by atoms with E-state index in [-0.39, 0.29) is 28.9 Å². The van der Waals surface area contributed by atoms with Crippen molar-refractivity contribution in [3.8, 4) is 11.5 Å². The van der Waals surface area contributed by atoms with E-state index in [9.17, 15) is 18.0 Å². The smallest absolute Gasteiger partial charge is 0.410 e. The molecular formula is C35H42N4O6S. The van der Waals surface area contributed by atoms with Gasteiger partial charge in [0.25, 0.3) is 10.0 Å². The van der Waals surface area contributed by atoms with Crippen molar-refractivity contribution in [2.45, 2.75) is 88.8 Å². The number of carbonyl (C=O) groups excluding carboxylic acids is 2. The minimum Gasteiger partial charge on any atom is -0.457 e. The molecule has 1 fully saturated rings. The van der Waals surface area contributed by atoms with E-state index in [0.717, 1.165) is 40.8 Å². The highest BCUT2D eigenvalue weighted by Gasteiger charge is 2.32. The topological polar surface area (TPSA) is 120 Å². The molecule has 244 valence electrons. The molecule has 0 spiro atoms. The lowest BCUT2D eigenvalue weighted by atomic mass is 9.95. The third-order valence-electron chi connectivity index (χ3n) is 8.08. The van der Waals surface area contributed by atoms with Crippen molar-refractivity contribution in [3.63, 3.8) is 0 Å². The second kappa shape index (κ2) is 13.5. The van der Waals surface area contributed by atoms with Crippen molar-refractivity contribution >= 4 is 33.1 Å². The molecule has 1 aliphatic carbocycles. The minimum absolute atomic E-state index is 0.102. The molecule has 2 amide bonds. The largest absolute Gasteiger partial charge is 0.457 e. The summed E-state index contributed by atoms with van der Waals surface area (Å²) in [4.78, 5) is 32.3. The number of ether oxygens (including phenoxy) is 2. The second-order valence-corrected chi connectivity index (χ2v) is 14.7. The molecule has 1 aliphatic rings. The fourth-order valence-electron chi connectivity index (χ4n) is 5.55. The maximum atomic E-state index is 13.5. The number of fused-ring (bicyclic) bond motifs is 1. The van der Waals surface area contributed by atoms with Gasteiger partial charge in [-0.05, 0) is 82.5 Å². The number of likely N-dealkylation sites (N-methyl/N-ethyl adjacent to an activating group) is 1. The van der Waals surface area contributed by atoms with Crippen LogP contribution in [0.4, 0.5) is 4.79 Å². The van der Waals surface area contributed by atoms with E-state index in [2.05, 4.69) is 10.3 Å². The summed E-state index contributed by atoms with van der Waals surface area (Å²) in [5, 5.41) is 3.70. The summed E-state index contributed by atoms with van der Waals surface area (Å²) in [7, 11) is -2.26. The van der Waals surface area contributed by atoms with Gasteiger partial charge < -0.3 is 14.8 Å². The van der Waals surface area contributed by atoms with Crippen molar-refractivity contribution in [1.29, 1.82) is 0 Å². The predicted molar refractivity (Wildman–Crippen MR) is 177 cm³/mol. The number of amides is 2. The van der Waals surface area contributed by atoms with Gasteiger partial charge >= 0.3 is 6.09 Å². The zero-order chi connectivity index (χ0) is 33.1. The van der Waals surface area contributed by atoms with Crippen molar-refractivity contribution in [1.82, 2.24) is 19.2 Å². The van der Waals surface area contributed by atoms with Gasteiger partial charge in [0, 0.05) is 31.9 Å². The summed E-state index contributed by atoms with van der Waals surface area (Å²) in [5.74, 6) is 0.768. The molecule has 46 heavy (non-hydrogen) atoms. The molecular weight excluding hydrogens is 604 g/mol. The number of benzene rings is 2. The highest BCUT2D eigenvalue weighted by atomic mass is 32.2.